The molecule has 1 aromatic carbocycles. The maximum atomic E-state index is 12.1. The van der Waals surface area contributed by atoms with Crippen LogP contribution in [0.5, 0.6) is 0 Å². The molecule has 3 N–H and O–H groups in total. The Kier molecular flexibility index (Phi) is 6.97. The average molecular weight is 263 g/mol. The lowest BCUT2D eigenvalue weighted by atomic mass is 10.2. The molecule has 19 heavy (non-hydrogen) atoms. The molecule has 0 saturated carbocycles. The molecule has 0 heterocycles. The summed E-state index contributed by atoms with van der Waals surface area (Å²) in [6, 6.07) is 9.92. The number of rotatable bonds is 7. The molecule has 1 rings (SSSR count). The summed E-state index contributed by atoms with van der Waals surface area (Å²) in [6.07, 6.45) is 0.839. The molecule has 2 amide bonds. The van der Waals surface area contributed by atoms with Crippen LogP contribution in [0, 0.1) is 5.92 Å². The molecule has 4 nitrogen and oxygen atoms in total. The fraction of sp³-hybridized carbons (Fsp3) is 0.533. The average Bonchev–Trinajstić information content (AvgIpc) is 2.41. The maximum absolute atomic E-state index is 12.1. The predicted octanol–water partition coefficient (Wildman–Crippen LogP) is 2.20. The Morgan fingerprint density at radius 3 is 2.58 bits per heavy atom. The van der Waals surface area contributed by atoms with Crippen LogP contribution >= 0.6 is 0 Å². The number of nitrogens with two attached hydrogens (primary N) is 1. The van der Waals surface area contributed by atoms with Crippen LogP contribution in [0.2, 0.25) is 0 Å². The Labute approximate surface area is 116 Å². The minimum Gasteiger partial charge on any atom is -0.334 e. The van der Waals surface area contributed by atoms with Crippen LogP contribution in [-0.4, -0.2) is 30.6 Å². The minimum absolute atomic E-state index is 0.00833. The molecule has 0 aliphatic rings. The quantitative estimate of drug-likeness (QED) is 0.792. The first kappa shape index (κ1) is 15.5. The van der Waals surface area contributed by atoms with Gasteiger partial charge in [-0.05, 0) is 24.4 Å². The summed E-state index contributed by atoms with van der Waals surface area (Å²) in [5.41, 5.74) is 6.62. The number of hydrogen-bond donors (Lipinski definition) is 2. The number of amides is 2. The van der Waals surface area contributed by atoms with E-state index in [0.717, 1.165) is 25.1 Å². The van der Waals surface area contributed by atoms with E-state index in [0.29, 0.717) is 19.0 Å². The van der Waals surface area contributed by atoms with Gasteiger partial charge in [0.05, 0.1) is 0 Å². The van der Waals surface area contributed by atoms with E-state index in [1.807, 2.05) is 35.2 Å². The molecule has 106 valence electrons. The Bertz CT molecular complexity index is 365. The second kappa shape index (κ2) is 8.53. The van der Waals surface area contributed by atoms with Crippen molar-refractivity contribution in [1.29, 1.82) is 0 Å². The van der Waals surface area contributed by atoms with Gasteiger partial charge in [-0.25, -0.2) is 4.79 Å². The molecular formula is C15H25N3O. The minimum atomic E-state index is -0.00833. The van der Waals surface area contributed by atoms with Crippen molar-refractivity contribution in [3.05, 3.63) is 35.9 Å². The summed E-state index contributed by atoms with van der Waals surface area (Å²) in [5, 5.41) is 2.96. The molecule has 0 aliphatic carbocycles. The van der Waals surface area contributed by atoms with Gasteiger partial charge in [-0.3, -0.25) is 0 Å². The smallest absolute Gasteiger partial charge is 0.317 e. The van der Waals surface area contributed by atoms with Crippen LogP contribution in [-0.2, 0) is 6.54 Å². The van der Waals surface area contributed by atoms with Gasteiger partial charge in [-0.1, -0.05) is 44.2 Å². The SMILES string of the molecule is CC(C)CN(CCCN)C(=O)NCc1ccccc1. The first-order chi connectivity index (χ1) is 9.13. The van der Waals surface area contributed by atoms with Crippen molar-refractivity contribution in [3.63, 3.8) is 0 Å². The molecule has 0 spiro atoms. The number of nitrogens with one attached hydrogen (secondary N) is 1. The molecule has 0 radical (unpaired) electrons. The van der Waals surface area contributed by atoms with Crippen molar-refractivity contribution in [2.45, 2.75) is 26.8 Å². The lowest BCUT2D eigenvalue weighted by molar-refractivity contribution is 0.190. The standard InChI is InChI=1S/C15H25N3O/c1-13(2)12-18(10-6-9-16)15(19)17-11-14-7-4-3-5-8-14/h3-5,7-8,13H,6,9-12,16H2,1-2H3,(H,17,19). The lowest BCUT2D eigenvalue weighted by Crippen LogP contribution is -2.42. The van der Waals surface area contributed by atoms with E-state index in [1.165, 1.54) is 0 Å². The van der Waals surface area contributed by atoms with Crippen molar-refractivity contribution < 1.29 is 4.79 Å². The van der Waals surface area contributed by atoms with Gasteiger partial charge >= 0.3 is 6.03 Å². The Hall–Kier alpha value is -1.55. The molecule has 0 saturated heterocycles. The van der Waals surface area contributed by atoms with Gasteiger partial charge in [0, 0.05) is 19.6 Å². The van der Waals surface area contributed by atoms with E-state index in [2.05, 4.69) is 19.2 Å². The largest absolute Gasteiger partial charge is 0.334 e. The highest BCUT2D eigenvalue weighted by atomic mass is 16.2. The van der Waals surface area contributed by atoms with Gasteiger partial charge in [0.2, 0.25) is 0 Å². The van der Waals surface area contributed by atoms with E-state index in [9.17, 15) is 4.79 Å². The highest BCUT2D eigenvalue weighted by Gasteiger charge is 2.13. The third-order valence-corrected chi connectivity index (χ3v) is 2.79. The van der Waals surface area contributed by atoms with Crippen molar-refractivity contribution in [3.8, 4) is 0 Å². The van der Waals surface area contributed by atoms with Gasteiger partial charge in [-0.2, -0.15) is 0 Å². The molecule has 0 atom stereocenters. The molecule has 0 unspecified atom stereocenters. The fourth-order valence-electron chi connectivity index (χ4n) is 1.88. The van der Waals surface area contributed by atoms with E-state index in [-0.39, 0.29) is 6.03 Å². The van der Waals surface area contributed by atoms with Crippen LogP contribution in [0.3, 0.4) is 0 Å². The number of benzene rings is 1. The van der Waals surface area contributed by atoms with Crippen LogP contribution in [0.4, 0.5) is 4.79 Å². The zero-order valence-corrected chi connectivity index (χ0v) is 11.9. The monoisotopic (exact) mass is 263 g/mol. The van der Waals surface area contributed by atoms with Crippen LogP contribution in [0.1, 0.15) is 25.8 Å². The number of urea groups is 1. The molecule has 0 fully saturated rings. The Morgan fingerprint density at radius 1 is 1.32 bits per heavy atom. The molecular weight excluding hydrogens is 238 g/mol. The summed E-state index contributed by atoms with van der Waals surface area (Å²) in [6.45, 7) is 6.88. The lowest BCUT2D eigenvalue weighted by Gasteiger charge is -2.24. The normalized spacial score (nSPS) is 10.5. The number of nitrogens with zero attached hydrogens (tertiary/aromatic N) is 1. The van der Waals surface area contributed by atoms with E-state index in [1.54, 1.807) is 0 Å². The molecule has 0 aliphatic heterocycles. The third kappa shape index (κ3) is 6.25. The first-order valence-electron chi connectivity index (χ1n) is 6.90. The van der Waals surface area contributed by atoms with E-state index >= 15 is 0 Å². The summed E-state index contributed by atoms with van der Waals surface area (Å²) in [4.78, 5) is 14.0. The van der Waals surface area contributed by atoms with E-state index in [4.69, 9.17) is 5.73 Å². The van der Waals surface area contributed by atoms with Gasteiger partial charge in [0.1, 0.15) is 0 Å². The first-order valence-corrected chi connectivity index (χ1v) is 6.90. The van der Waals surface area contributed by atoms with Crippen molar-refractivity contribution in [2.75, 3.05) is 19.6 Å². The van der Waals surface area contributed by atoms with Crippen molar-refractivity contribution in [2.24, 2.45) is 11.7 Å². The zero-order valence-electron chi connectivity index (χ0n) is 11.9. The maximum Gasteiger partial charge on any atom is 0.317 e. The third-order valence-electron chi connectivity index (χ3n) is 2.79. The van der Waals surface area contributed by atoms with Gasteiger partial charge in [0.25, 0.3) is 0 Å². The Balaban J connectivity index is 2.46. The number of carbonyl (C=O) groups is 1. The topological polar surface area (TPSA) is 58.4 Å². The number of carbonyl (C=O) groups excluding carboxylic acids is 1. The highest BCUT2D eigenvalue weighted by Crippen LogP contribution is 2.02. The molecule has 1 aromatic rings. The summed E-state index contributed by atoms with van der Waals surface area (Å²) in [5.74, 6) is 0.459. The number of hydrogen-bond acceptors (Lipinski definition) is 2. The second-order valence-electron chi connectivity index (χ2n) is 5.13. The van der Waals surface area contributed by atoms with Crippen LogP contribution < -0.4 is 11.1 Å². The van der Waals surface area contributed by atoms with Crippen molar-refractivity contribution >= 4 is 6.03 Å². The molecule has 0 bridgehead atoms. The fourth-order valence-corrected chi connectivity index (χ4v) is 1.88. The highest BCUT2D eigenvalue weighted by molar-refractivity contribution is 5.74. The predicted molar refractivity (Wildman–Crippen MR) is 78.8 cm³/mol. The van der Waals surface area contributed by atoms with Crippen molar-refractivity contribution in [1.82, 2.24) is 10.2 Å². The Morgan fingerprint density at radius 2 is 2.00 bits per heavy atom. The van der Waals surface area contributed by atoms with Gasteiger partial charge in [-0.15, -0.1) is 0 Å². The van der Waals surface area contributed by atoms with Gasteiger partial charge < -0.3 is 16.0 Å². The second-order valence-corrected chi connectivity index (χ2v) is 5.13. The molecule has 4 heteroatoms. The summed E-state index contributed by atoms with van der Waals surface area (Å²) < 4.78 is 0. The van der Waals surface area contributed by atoms with Crippen LogP contribution in [0.15, 0.2) is 30.3 Å². The summed E-state index contributed by atoms with van der Waals surface area (Å²) in [7, 11) is 0. The zero-order chi connectivity index (χ0) is 14.1. The molecule has 0 aromatic heterocycles. The van der Waals surface area contributed by atoms with E-state index < -0.39 is 0 Å². The van der Waals surface area contributed by atoms with Gasteiger partial charge in [0.15, 0.2) is 0 Å². The summed E-state index contributed by atoms with van der Waals surface area (Å²) >= 11 is 0. The van der Waals surface area contributed by atoms with Crippen LogP contribution in [0.25, 0.3) is 0 Å².